The van der Waals surface area contributed by atoms with E-state index in [1.54, 1.807) is 0 Å². The fourth-order valence-electron chi connectivity index (χ4n) is 5.01. The van der Waals surface area contributed by atoms with Crippen LogP contribution in [0.2, 0.25) is 0 Å². The van der Waals surface area contributed by atoms with Crippen LogP contribution in [-0.4, -0.2) is 26.5 Å². The third-order valence-electron chi connectivity index (χ3n) is 6.79. The molecule has 5 rings (SSSR count). The van der Waals surface area contributed by atoms with Crippen LogP contribution in [0, 0.1) is 0 Å². The summed E-state index contributed by atoms with van der Waals surface area (Å²) >= 11 is 0. The molecule has 4 aromatic rings. The van der Waals surface area contributed by atoms with Crippen molar-refractivity contribution >= 4 is 33.9 Å². The van der Waals surface area contributed by atoms with Gasteiger partial charge in [-0.25, -0.2) is 9.97 Å². The number of amides is 1. The van der Waals surface area contributed by atoms with Crippen LogP contribution >= 0.6 is 0 Å². The van der Waals surface area contributed by atoms with Crippen molar-refractivity contribution in [2.75, 3.05) is 5.73 Å². The lowest BCUT2D eigenvalue weighted by Crippen LogP contribution is -2.33. The molecule has 1 saturated carbocycles. The van der Waals surface area contributed by atoms with Gasteiger partial charge in [-0.15, -0.1) is 0 Å². The molecule has 1 amide bonds. The Bertz CT molecular complexity index is 1270. The Morgan fingerprint density at radius 3 is 2.42 bits per heavy atom. The van der Waals surface area contributed by atoms with Crippen LogP contribution in [-0.2, 0) is 6.42 Å². The van der Waals surface area contributed by atoms with Gasteiger partial charge in [-0.05, 0) is 50.3 Å². The second-order valence-corrected chi connectivity index (χ2v) is 9.21. The van der Waals surface area contributed by atoms with Crippen molar-refractivity contribution in [1.82, 2.24) is 19.9 Å². The van der Waals surface area contributed by atoms with Crippen LogP contribution < -0.4 is 11.1 Å². The van der Waals surface area contributed by atoms with Gasteiger partial charge in [0, 0.05) is 12.1 Å². The second-order valence-electron chi connectivity index (χ2n) is 9.21. The first-order valence-electron chi connectivity index (χ1n) is 12.0. The van der Waals surface area contributed by atoms with Crippen LogP contribution in [0.15, 0.2) is 54.6 Å². The van der Waals surface area contributed by atoms with Crippen LogP contribution in [0.4, 0.5) is 5.82 Å². The molecule has 0 saturated heterocycles. The number of aromatic nitrogens is 3. The number of nitrogens with zero attached hydrogens (tertiary/aromatic N) is 3. The average molecular weight is 442 g/mol. The maximum Gasteiger partial charge on any atom is 0.257 e. The molecule has 1 aliphatic rings. The number of nitrogen functional groups attached to an aromatic ring is 1. The summed E-state index contributed by atoms with van der Waals surface area (Å²) in [7, 11) is 0. The lowest BCUT2D eigenvalue weighted by atomic mass is 9.95. The molecule has 0 radical (unpaired) electrons. The minimum absolute atomic E-state index is 0.0126. The van der Waals surface area contributed by atoms with Gasteiger partial charge in [-0.1, -0.05) is 61.7 Å². The van der Waals surface area contributed by atoms with E-state index in [9.17, 15) is 4.79 Å². The van der Waals surface area contributed by atoms with E-state index in [0.717, 1.165) is 42.4 Å². The fourth-order valence-corrected chi connectivity index (χ4v) is 5.01. The highest BCUT2D eigenvalue weighted by atomic mass is 16.1. The van der Waals surface area contributed by atoms with Gasteiger partial charge >= 0.3 is 0 Å². The van der Waals surface area contributed by atoms with E-state index in [1.165, 1.54) is 24.8 Å². The number of aryl methyl sites for hydroxylation is 1. The normalized spacial score (nSPS) is 15.7. The molecule has 2 heterocycles. The van der Waals surface area contributed by atoms with Gasteiger partial charge in [0.25, 0.3) is 5.91 Å². The molecule has 0 aliphatic heterocycles. The van der Waals surface area contributed by atoms with E-state index < -0.39 is 0 Å². The summed E-state index contributed by atoms with van der Waals surface area (Å²) in [4.78, 5) is 23.2. The van der Waals surface area contributed by atoms with Gasteiger partial charge in [0.2, 0.25) is 0 Å². The maximum atomic E-state index is 13.5. The summed E-state index contributed by atoms with van der Waals surface area (Å²) in [6.07, 6.45) is 7.45. The Morgan fingerprint density at radius 1 is 1.03 bits per heavy atom. The Balaban J connectivity index is 1.49. The van der Waals surface area contributed by atoms with Crippen molar-refractivity contribution in [2.45, 2.75) is 64.0 Å². The summed E-state index contributed by atoms with van der Waals surface area (Å²) < 4.78 is 2.08. The fraction of sp³-hybridized carbons (Fsp3) is 0.370. The van der Waals surface area contributed by atoms with Gasteiger partial charge in [-0.2, -0.15) is 0 Å². The molecule has 33 heavy (non-hydrogen) atoms. The SMILES string of the molecule is C[C@@H](CCc1ccccc1)NC(=O)c1c(N)n(C2CCCCC2)c2nc3ccccc3nc12. The van der Waals surface area contributed by atoms with Gasteiger partial charge in [0.05, 0.1) is 11.0 Å². The van der Waals surface area contributed by atoms with E-state index in [1.807, 2.05) is 49.4 Å². The standard InChI is InChI=1S/C27H31N5O/c1-18(16-17-19-10-4-2-5-11-19)29-27(33)23-24-26(31-22-15-9-8-14-21(22)30-24)32(25(23)28)20-12-6-3-7-13-20/h2,4-5,8-11,14-15,18,20H,3,6-7,12-13,16-17,28H2,1H3,(H,29,33)/t18-/m0/s1. The number of nitrogens with two attached hydrogens (primary N) is 1. The number of carbonyl (C=O) groups excluding carboxylic acids is 1. The topological polar surface area (TPSA) is 85.8 Å². The Hall–Kier alpha value is -3.41. The van der Waals surface area contributed by atoms with Crippen molar-refractivity contribution in [3.05, 3.63) is 65.7 Å². The lowest BCUT2D eigenvalue weighted by molar-refractivity contribution is 0.0940. The Kier molecular flexibility index (Phi) is 5.99. The number of carbonyl (C=O) groups is 1. The zero-order valence-corrected chi connectivity index (χ0v) is 19.1. The molecule has 2 aromatic heterocycles. The number of para-hydroxylation sites is 2. The largest absolute Gasteiger partial charge is 0.384 e. The Morgan fingerprint density at radius 2 is 1.70 bits per heavy atom. The van der Waals surface area contributed by atoms with Crippen LogP contribution in [0.3, 0.4) is 0 Å². The highest BCUT2D eigenvalue weighted by Gasteiger charge is 2.28. The van der Waals surface area contributed by atoms with Crippen molar-refractivity contribution in [2.24, 2.45) is 0 Å². The van der Waals surface area contributed by atoms with Crippen molar-refractivity contribution in [1.29, 1.82) is 0 Å². The van der Waals surface area contributed by atoms with E-state index >= 15 is 0 Å². The van der Waals surface area contributed by atoms with Gasteiger partial charge in [-0.3, -0.25) is 4.79 Å². The minimum Gasteiger partial charge on any atom is -0.384 e. The zero-order chi connectivity index (χ0) is 22.8. The van der Waals surface area contributed by atoms with Gasteiger partial charge in [0.15, 0.2) is 5.65 Å². The lowest BCUT2D eigenvalue weighted by Gasteiger charge is -2.25. The number of fused-ring (bicyclic) bond motifs is 2. The predicted octanol–water partition coefficient (Wildman–Crippen LogP) is 5.42. The van der Waals surface area contributed by atoms with Gasteiger partial charge in [0.1, 0.15) is 16.9 Å². The van der Waals surface area contributed by atoms with Crippen molar-refractivity contribution in [3.8, 4) is 0 Å². The third-order valence-corrected chi connectivity index (χ3v) is 6.79. The molecule has 0 spiro atoms. The molecule has 0 unspecified atom stereocenters. The number of hydrogen-bond acceptors (Lipinski definition) is 4. The zero-order valence-electron chi connectivity index (χ0n) is 19.1. The predicted molar refractivity (Wildman–Crippen MR) is 133 cm³/mol. The van der Waals surface area contributed by atoms with Crippen molar-refractivity contribution < 1.29 is 4.79 Å². The molecule has 0 bridgehead atoms. The molecular weight excluding hydrogens is 410 g/mol. The highest BCUT2D eigenvalue weighted by Crippen LogP contribution is 2.37. The van der Waals surface area contributed by atoms with Crippen LogP contribution in [0.25, 0.3) is 22.2 Å². The molecule has 3 N–H and O–H groups in total. The highest BCUT2D eigenvalue weighted by molar-refractivity contribution is 6.10. The van der Waals surface area contributed by atoms with E-state index in [-0.39, 0.29) is 18.0 Å². The molecule has 170 valence electrons. The molecule has 1 fully saturated rings. The first-order valence-corrected chi connectivity index (χ1v) is 12.0. The van der Waals surface area contributed by atoms with Crippen molar-refractivity contribution in [3.63, 3.8) is 0 Å². The minimum atomic E-state index is -0.169. The summed E-state index contributed by atoms with van der Waals surface area (Å²) in [5, 5.41) is 3.16. The molecule has 2 aromatic carbocycles. The number of benzene rings is 2. The summed E-state index contributed by atoms with van der Waals surface area (Å²) in [6.45, 7) is 2.04. The van der Waals surface area contributed by atoms with E-state index in [4.69, 9.17) is 15.7 Å². The number of anilines is 1. The summed E-state index contributed by atoms with van der Waals surface area (Å²) in [6, 6.07) is 18.4. The smallest absolute Gasteiger partial charge is 0.257 e. The molecule has 1 aliphatic carbocycles. The van der Waals surface area contributed by atoms with E-state index in [0.29, 0.717) is 16.9 Å². The number of hydrogen-bond donors (Lipinski definition) is 2. The first kappa shape index (κ1) is 21.4. The summed E-state index contributed by atoms with van der Waals surface area (Å²) in [5.41, 5.74) is 11.3. The second kappa shape index (κ2) is 9.22. The van der Waals surface area contributed by atoms with Crippen LogP contribution in [0.1, 0.15) is 67.4 Å². The quantitative estimate of drug-likeness (QED) is 0.418. The summed E-state index contributed by atoms with van der Waals surface area (Å²) in [5.74, 6) is 0.317. The molecule has 6 heteroatoms. The van der Waals surface area contributed by atoms with Gasteiger partial charge < -0.3 is 15.6 Å². The average Bonchev–Trinajstić information content (AvgIpc) is 3.13. The molecule has 1 atom stereocenters. The number of nitrogens with one attached hydrogen (secondary N) is 1. The molecule has 6 nitrogen and oxygen atoms in total. The first-order chi connectivity index (χ1) is 16.1. The molecular formula is C27H31N5O. The van der Waals surface area contributed by atoms with E-state index in [2.05, 4.69) is 22.0 Å². The third kappa shape index (κ3) is 4.30. The monoisotopic (exact) mass is 441 g/mol. The Labute approximate surface area is 194 Å². The maximum absolute atomic E-state index is 13.5. The number of rotatable bonds is 6. The van der Waals surface area contributed by atoms with Crippen LogP contribution in [0.5, 0.6) is 0 Å².